The summed E-state index contributed by atoms with van der Waals surface area (Å²) in [6.07, 6.45) is 6.59. The lowest BCUT2D eigenvalue weighted by Crippen LogP contribution is -2.61. The Kier molecular flexibility index (Phi) is 6.86. The van der Waals surface area contributed by atoms with E-state index in [2.05, 4.69) is 22.2 Å². The molecule has 2 aromatic rings. The van der Waals surface area contributed by atoms with Gasteiger partial charge in [-0.25, -0.2) is 4.79 Å². The first-order valence-electron chi connectivity index (χ1n) is 11.8. The number of piperazine rings is 1. The summed E-state index contributed by atoms with van der Waals surface area (Å²) in [6.45, 7) is 6.81. The molecule has 0 unspecified atom stereocenters. The standard InChI is InChI=1S/C25H35N3O4/c1-18-20-7-6-19(29)16-22(20)32-24(31)21(18)8-9-23(30)26-17-25(10-4-3-5-11-25)28-14-12-27(2)13-15-28/h6-7,16,29H,3-5,8-15,17H2,1-2H3,(H,26,30). The van der Waals surface area contributed by atoms with Crippen LogP contribution in [0.2, 0.25) is 0 Å². The number of carbonyl (C=O) groups excluding carboxylic acids is 1. The fourth-order valence-electron chi connectivity index (χ4n) is 5.36. The minimum absolute atomic E-state index is 0.0197. The Balaban J connectivity index is 1.40. The molecule has 1 aliphatic carbocycles. The highest BCUT2D eigenvalue weighted by molar-refractivity contribution is 5.82. The zero-order valence-corrected chi connectivity index (χ0v) is 19.3. The van der Waals surface area contributed by atoms with E-state index < -0.39 is 5.63 Å². The summed E-state index contributed by atoms with van der Waals surface area (Å²) >= 11 is 0. The van der Waals surface area contributed by atoms with Crippen LogP contribution in [0.4, 0.5) is 0 Å². The Labute approximate surface area is 189 Å². The third-order valence-corrected chi connectivity index (χ3v) is 7.45. The van der Waals surface area contributed by atoms with Gasteiger partial charge in [-0.05, 0) is 50.9 Å². The number of aromatic hydroxyl groups is 1. The number of amides is 1. The van der Waals surface area contributed by atoms with Crippen molar-refractivity contribution in [3.63, 3.8) is 0 Å². The molecule has 1 aliphatic heterocycles. The zero-order valence-electron chi connectivity index (χ0n) is 19.3. The fourth-order valence-corrected chi connectivity index (χ4v) is 5.36. The molecule has 0 radical (unpaired) electrons. The second kappa shape index (κ2) is 9.63. The number of benzene rings is 1. The number of nitrogens with zero attached hydrogens (tertiary/aromatic N) is 2. The first kappa shape index (κ1) is 22.8. The molecule has 2 N–H and O–H groups in total. The van der Waals surface area contributed by atoms with Crippen LogP contribution in [0.15, 0.2) is 27.4 Å². The lowest BCUT2D eigenvalue weighted by Gasteiger charge is -2.49. The molecule has 2 fully saturated rings. The molecule has 7 heteroatoms. The molecule has 32 heavy (non-hydrogen) atoms. The van der Waals surface area contributed by atoms with E-state index in [0.717, 1.165) is 50.0 Å². The zero-order chi connectivity index (χ0) is 22.7. The summed E-state index contributed by atoms with van der Waals surface area (Å²) < 4.78 is 5.39. The second-order valence-electron chi connectivity index (χ2n) is 9.53. The molecule has 0 spiro atoms. The number of likely N-dealkylation sites (N-methyl/N-ethyl adjacent to an activating group) is 1. The number of carbonyl (C=O) groups is 1. The molecule has 1 aromatic heterocycles. The first-order chi connectivity index (χ1) is 15.4. The maximum Gasteiger partial charge on any atom is 0.339 e. The predicted octanol–water partition coefficient (Wildman–Crippen LogP) is 2.81. The maximum absolute atomic E-state index is 12.8. The Morgan fingerprint density at radius 3 is 2.59 bits per heavy atom. The van der Waals surface area contributed by atoms with Crippen LogP contribution in [0.1, 0.15) is 49.7 Å². The van der Waals surface area contributed by atoms with Gasteiger partial charge in [-0.1, -0.05) is 19.3 Å². The van der Waals surface area contributed by atoms with Crippen molar-refractivity contribution in [1.29, 1.82) is 0 Å². The van der Waals surface area contributed by atoms with Crippen molar-refractivity contribution in [2.75, 3.05) is 39.8 Å². The fraction of sp³-hybridized carbons (Fsp3) is 0.600. The molecule has 2 heterocycles. The van der Waals surface area contributed by atoms with Crippen molar-refractivity contribution >= 4 is 16.9 Å². The maximum atomic E-state index is 12.8. The monoisotopic (exact) mass is 441 g/mol. The third kappa shape index (κ3) is 4.84. The van der Waals surface area contributed by atoms with Crippen LogP contribution in [0.5, 0.6) is 5.75 Å². The van der Waals surface area contributed by atoms with Gasteiger partial charge in [-0.3, -0.25) is 9.69 Å². The minimum atomic E-state index is -0.436. The SMILES string of the molecule is Cc1c(CCC(=O)NCC2(N3CCN(C)CC3)CCCCC2)c(=O)oc2cc(O)ccc12. The van der Waals surface area contributed by atoms with Gasteiger partial charge < -0.3 is 19.7 Å². The third-order valence-electron chi connectivity index (χ3n) is 7.45. The summed E-state index contributed by atoms with van der Waals surface area (Å²) in [5.41, 5.74) is 1.34. The number of aryl methyl sites for hydroxylation is 1. The van der Waals surface area contributed by atoms with Crippen LogP contribution in [0.25, 0.3) is 11.0 Å². The lowest BCUT2D eigenvalue weighted by atomic mass is 9.79. The number of hydrogen-bond acceptors (Lipinski definition) is 6. The molecule has 7 nitrogen and oxygen atoms in total. The van der Waals surface area contributed by atoms with Gasteiger partial charge in [-0.2, -0.15) is 0 Å². The van der Waals surface area contributed by atoms with E-state index in [1.165, 1.54) is 25.3 Å². The number of nitrogens with one attached hydrogen (secondary N) is 1. The Morgan fingerprint density at radius 2 is 1.88 bits per heavy atom. The lowest BCUT2D eigenvalue weighted by molar-refractivity contribution is -0.122. The van der Waals surface area contributed by atoms with E-state index in [0.29, 0.717) is 24.1 Å². The Bertz CT molecular complexity index is 1020. The van der Waals surface area contributed by atoms with Crippen LogP contribution in [-0.2, 0) is 11.2 Å². The van der Waals surface area contributed by atoms with E-state index in [-0.39, 0.29) is 23.6 Å². The van der Waals surface area contributed by atoms with Crippen molar-refractivity contribution in [1.82, 2.24) is 15.1 Å². The Morgan fingerprint density at radius 1 is 1.16 bits per heavy atom. The normalized spacial score (nSPS) is 19.8. The van der Waals surface area contributed by atoms with Gasteiger partial charge in [0, 0.05) is 61.7 Å². The summed E-state index contributed by atoms with van der Waals surface area (Å²) in [5, 5.41) is 13.6. The van der Waals surface area contributed by atoms with Gasteiger partial charge in [0.25, 0.3) is 0 Å². The second-order valence-corrected chi connectivity index (χ2v) is 9.53. The summed E-state index contributed by atoms with van der Waals surface area (Å²) in [5.74, 6) is 0.0397. The van der Waals surface area contributed by atoms with Crippen molar-refractivity contribution in [2.24, 2.45) is 0 Å². The van der Waals surface area contributed by atoms with E-state index in [1.807, 2.05) is 6.92 Å². The van der Waals surface area contributed by atoms with Gasteiger partial charge in [0.1, 0.15) is 11.3 Å². The molecule has 0 bridgehead atoms. The van der Waals surface area contributed by atoms with Gasteiger partial charge in [-0.15, -0.1) is 0 Å². The number of fused-ring (bicyclic) bond motifs is 1. The van der Waals surface area contributed by atoms with Gasteiger partial charge in [0.2, 0.25) is 5.91 Å². The molecular weight excluding hydrogens is 406 g/mol. The highest BCUT2D eigenvalue weighted by Crippen LogP contribution is 2.34. The van der Waals surface area contributed by atoms with Crippen molar-refractivity contribution in [3.8, 4) is 5.75 Å². The summed E-state index contributed by atoms with van der Waals surface area (Å²) in [4.78, 5) is 30.2. The molecular formula is C25H35N3O4. The first-order valence-corrected chi connectivity index (χ1v) is 11.8. The summed E-state index contributed by atoms with van der Waals surface area (Å²) in [6, 6.07) is 4.77. The van der Waals surface area contributed by atoms with Crippen molar-refractivity contribution in [3.05, 3.63) is 39.7 Å². The number of phenolic OH excluding ortho intramolecular Hbond substituents is 1. The topological polar surface area (TPSA) is 86.0 Å². The van der Waals surface area contributed by atoms with Gasteiger partial charge in [0.15, 0.2) is 0 Å². The summed E-state index contributed by atoms with van der Waals surface area (Å²) in [7, 11) is 2.17. The van der Waals surface area contributed by atoms with E-state index in [9.17, 15) is 14.7 Å². The molecule has 4 rings (SSSR count). The largest absolute Gasteiger partial charge is 0.508 e. The molecule has 174 valence electrons. The van der Waals surface area contributed by atoms with Crippen molar-refractivity contribution < 1.29 is 14.3 Å². The average molecular weight is 442 g/mol. The predicted molar refractivity (Wildman–Crippen MR) is 125 cm³/mol. The van der Waals surface area contributed by atoms with Crippen LogP contribution in [0.3, 0.4) is 0 Å². The number of hydrogen-bond donors (Lipinski definition) is 2. The van der Waals surface area contributed by atoms with Crippen LogP contribution in [0, 0.1) is 6.92 Å². The van der Waals surface area contributed by atoms with E-state index in [1.54, 1.807) is 12.1 Å². The molecule has 0 atom stereocenters. The van der Waals surface area contributed by atoms with E-state index >= 15 is 0 Å². The van der Waals surface area contributed by atoms with Crippen LogP contribution in [-0.4, -0.2) is 66.1 Å². The quantitative estimate of drug-likeness (QED) is 0.671. The van der Waals surface area contributed by atoms with Gasteiger partial charge >= 0.3 is 5.63 Å². The van der Waals surface area contributed by atoms with E-state index in [4.69, 9.17) is 4.42 Å². The average Bonchev–Trinajstić information content (AvgIpc) is 2.78. The van der Waals surface area contributed by atoms with Crippen molar-refractivity contribution in [2.45, 2.75) is 57.4 Å². The molecule has 1 aromatic carbocycles. The molecule has 1 saturated carbocycles. The Hall–Kier alpha value is -2.38. The van der Waals surface area contributed by atoms with Crippen LogP contribution >= 0.6 is 0 Å². The number of phenols is 1. The highest BCUT2D eigenvalue weighted by Gasteiger charge is 2.39. The van der Waals surface area contributed by atoms with Crippen LogP contribution < -0.4 is 10.9 Å². The highest BCUT2D eigenvalue weighted by atomic mass is 16.4. The minimum Gasteiger partial charge on any atom is -0.508 e. The smallest absolute Gasteiger partial charge is 0.339 e. The molecule has 1 amide bonds. The van der Waals surface area contributed by atoms with Gasteiger partial charge in [0.05, 0.1) is 0 Å². The molecule has 1 saturated heterocycles. The number of rotatable bonds is 6. The molecule has 2 aliphatic rings.